The maximum atomic E-state index is 4.75. The van der Waals surface area contributed by atoms with Crippen molar-refractivity contribution in [3.8, 4) is 11.3 Å². The smallest absolute Gasteiger partial charge is 0.127 e. The fourth-order valence-electron chi connectivity index (χ4n) is 2.72. The monoisotopic (exact) mass is 273 g/mol. The molecule has 2 heterocycles. The van der Waals surface area contributed by atoms with Crippen molar-refractivity contribution in [1.29, 1.82) is 0 Å². The second-order valence-corrected chi connectivity index (χ2v) is 5.73. The molecule has 0 spiro atoms. The van der Waals surface area contributed by atoms with Gasteiger partial charge in [-0.25, -0.2) is 0 Å². The molecule has 1 N–H and O–H groups in total. The number of rotatable bonds is 2. The van der Waals surface area contributed by atoms with Gasteiger partial charge in [-0.05, 0) is 31.6 Å². The van der Waals surface area contributed by atoms with E-state index >= 15 is 0 Å². The first kappa shape index (κ1) is 12.6. The predicted molar refractivity (Wildman–Crippen MR) is 81.9 cm³/mol. The molecule has 0 fully saturated rings. The number of anilines is 1. The molecule has 0 saturated carbocycles. The fourth-order valence-corrected chi connectivity index (χ4v) is 3.32. The first-order valence-corrected chi connectivity index (χ1v) is 7.97. The van der Waals surface area contributed by atoms with Gasteiger partial charge in [0.1, 0.15) is 5.82 Å². The third-order valence-corrected chi connectivity index (χ3v) is 4.45. The Balaban J connectivity index is 2.15. The lowest BCUT2D eigenvalue weighted by Gasteiger charge is -2.06. The third kappa shape index (κ3) is 2.25. The minimum atomic E-state index is 1.05. The predicted octanol–water partition coefficient (Wildman–Crippen LogP) is 3.56. The molecule has 0 bridgehead atoms. The van der Waals surface area contributed by atoms with Gasteiger partial charge in [-0.15, -0.1) is 11.8 Å². The molecule has 0 saturated heterocycles. The zero-order chi connectivity index (χ0) is 13.2. The number of nitrogens with zero attached hydrogens (tertiary/aromatic N) is 2. The SMILES string of the molecule is CSc1ccccc1-c1nn(C)c2c1CCCCN2. The van der Waals surface area contributed by atoms with Crippen LogP contribution in [-0.4, -0.2) is 22.6 Å². The highest BCUT2D eigenvalue weighted by atomic mass is 32.2. The van der Waals surface area contributed by atoms with E-state index in [1.54, 1.807) is 11.8 Å². The number of aromatic nitrogens is 2. The van der Waals surface area contributed by atoms with Crippen molar-refractivity contribution in [3.63, 3.8) is 0 Å². The highest BCUT2D eigenvalue weighted by Crippen LogP contribution is 2.36. The van der Waals surface area contributed by atoms with E-state index in [4.69, 9.17) is 5.10 Å². The Kier molecular flexibility index (Phi) is 3.51. The van der Waals surface area contributed by atoms with Crippen molar-refractivity contribution in [1.82, 2.24) is 9.78 Å². The van der Waals surface area contributed by atoms with Crippen LogP contribution in [0.25, 0.3) is 11.3 Å². The molecule has 1 aliphatic rings. The Bertz CT molecular complexity index is 589. The molecule has 0 aliphatic carbocycles. The number of hydrogen-bond donors (Lipinski definition) is 1. The van der Waals surface area contributed by atoms with Crippen LogP contribution < -0.4 is 5.32 Å². The van der Waals surface area contributed by atoms with Crippen molar-refractivity contribution in [2.75, 3.05) is 18.1 Å². The topological polar surface area (TPSA) is 29.9 Å². The summed E-state index contributed by atoms with van der Waals surface area (Å²) in [7, 11) is 2.03. The molecule has 1 aromatic heterocycles. The minimum absolute atomic E-state index is 1.05. The summed E-state index contributed by atoms with van der Waals surface area (Å²) < 4.78 is 1.99. The van der Waals surface area contributed by atoms with Gasteiger partial charge in [0.25, 0.3) is 0 Å². The largest absolute Gasteiger partial charge is 0.370 e. The molecule has 1 aromatic carbocycles. The van der Waals surface area contributed by atoms with Gasteiger partial charge >= 0.3 is 0 Å². The van der Waals surface area contributed by atoms with Gasteiger partial charge in [0.05, 0.1) is 5.69 Å². The summed E-state index contributed by atoms with van der Waals surface area (Å²) in [6.07, 6.45) is 5.71. The third-order valence-electron chi connectivity index (χ3n) is 3.65. The van der Waals surface area contributed by atoms with Crippen molar-refractivity contribution in [2.45, 2.75) is 24.2 Å². The molecule has 0 amide bonds. The van der Waals surface area contributed by atoms with Crippen LogP contribution >= 0.6 is 11.8 Å². The average molecular weight is 273 g/mol. The molecule has 3 rings (SSSR count). The molecule has 4 heteroatoms. The van der Waals surface area contributed by atoms with E-state index in [2.05, 4.69) is 35.8 Å². The number of aryl methyl sites for hydroxylation is 1. The van der Waals surface area contributed by atoms with Crippen LogP contribution in [0.1, 0.15) is 18.4 Å². The van der Waals surface area contributed by atoms with Gasteiger partial charge in [0, 0.05) is 29.6 Å². The van der Waals surface area contributed by atoms with E-state index < -0.39 is 0 Å². The second kappa shape index (κ2) is 5.29. The highest BCUT2D eigenvalue weighted by molar-refractivity contribution is 7.98. The van der Waals surface area contributed by atoms with E-state index in [0.29, 0.717) is 0 Å². The molecular weight excluding hydrogens is 254 g/mol. The van der Waals surface area contributed by atoms with Gasteiger partial charge in [-0.3, -0.25) is 4.68 Å². The van der Waals surface area contributed by atoms with Crippen LogP contribution in [-0.2, 0) is 13.5 Å². The molecule has 0 radical (unpaired) electrons. The van der Waals surface area contributed by atoms with E-state index in [0.717, 1.165) is 18.7 Å². The van der Waals surface area contributed by atoms with Crippen LogP contribution in [0.5, 0.6) is 0 Å². The number of fused-ring (bicyclic) bond motifs is 1. The summed E-state index contributed by atoms with van der Waals surface area (Å²) >= 11 is 1.79. The van der Waals surface area contributed by atoms with Gasteiger partial charge in [-0.1, -0.05) is 18.2 Å². The molecule has 100 valence electrons. The Morgan fingerprint density at radius 3 is 2.95 bits per heavy atom. The van der Waals surface area contributed by atoms with Crippen LogP contribution in [0.4, 0.5) is 5.82 Å². The Morgan fingerprint density at radius 2 is 2.11 bits per heavy atom. The minimum Gasteiger partial charge on any atom is -0.370 e. The molecular formula is C15H19N3S. The fraction of sp³-hybridized carbons (Fsp3) is 0.400. The summed E-state index contributed by atoms with van der Waals surface area (Å²) in [5, 5.41) is 8.27. The summed E-state index contributed by atoms with van der Waals surface area (Å²) in [5.41, 5.74) is 3.79. The number of thioether (sulfide) groups is 1. The standard InChI is InChI=1S/C15H19N3S/c1-18-15-12(8-5-6-10-16-15)14(17-18)11-7-3-4-9-13(11)19-2/h3-4,7,9,16H,5-6,8,10H2,1-2H3. The molecule has 0 atom stereocenters. The summed E-state index contributed by atoms with van der Waals surface area (Å²) in [5.74, 6) is 1.20. The second-order valence-electron chi connectivity index (χ2n) is 4.88. The average Bonchev–Trinajstić information content (AvgIpc) is 2.64. The lowest BCUT2D eigenvalue weighted by atomic mass is 10.0. The first-order valence-electron chi connectivity index (χ1n) is 6.74. The normalized spacial score (nSPS) is 14.6. The Labute approximate surface area is 118 Å². The number of nitrogens with one attached hydrogen (secondary N) is 1. The zero-order valence-electron chi connectivity index (χ0n) is 11.4. The van der Waals surface area contributed by atoms with Crippen molar-refractivity contribution < 1.29 is 0 Å². The molecule has 19 heavy (non-hydrogen) atoms. The van der Waals surface area contributed by atoms with Crippen LogP contribution in [0.15, 0.2) is 29.2 Å². The summed E-state index contributed by atoms with van der Waals surface area (Å²) in [6, 6.07) is 8.54. The van der Waals surface area contributed by atoms with Crippen LogP contribution in [0.3, 0.4) is 0 Å². The van der Waals surface area contributed by atoms with Crippen LogP contribution in [0, 0.1) is 0 Å². The van der Waals surface area contributed by atoms with Crippen LogP contribution in [0.2, 0.25) is 0 Å². The summed E-state index contributed by atoms with van der Waals surface area (Å²) in [4.78, 5) is 1.30. The quantitative estimate of drug-likeness (QED) is 0.849. The number of hydrogen-bond acceptors (Lipinski definition) is 3. The van der Waals surface area contributed by atoms with Crippen molar-refractivity contribution >= 4 is 17.6 Å². The van der Waals surface area contributed by atoms with Crippen molar-refractivity contribution in [2.24, 2.45) is 7.05 Å². The Morgan fingerprint density at radius 1 is 1.26 bits per heavy atom. The highest BCUT2D eigenvalue weighted by Gasteiger charge is 2.20. The van der Waals surface area contributed by atoms with Gasteiger partial charge in [0.15, 0.2) is 0 Å². The van der Waals surface area contributed by atoms with Gasteiger partial charge < -0.3 is 5.32 Å². The molecule has 1 aliphatic heterocycles. The van der Waals surface area contributed by atoms with Gasteiger partial charge in [-0.2, -0.15) is 5.10 Å². The molecule has 3 nitrogen and oxygen atoms in total. The van der Waals surface area contributed by atoms with Gasteiger partial charge in [0.2, 0.25) is 0 Å². The van der Waals surface area contributed by atoms with Crippen molar-refractivity contribution in [3.05, 3.63) is 29.8 Å². The summed E-state index contributed by atoms with van der Waals surface area (Å²) in [6.45, 7) is 1.05. The maximum absolute atomic E-state index is 4.75. The lowest BCUT2D eigenvalue weighted by molar-refractivity contribution is 0.756. The maximum Gasteiger partial charge on any atom is 0.127 e. The Hall–Kier alpha value is -1.42. The van der Waals surface area contributed by atoms with E-state index in [9.17, 15) is 0 Å². The zero-order valence-corrected chi connectivity index (χ0v) is 12.3. The molecule has 2 aromatic rings. The van der Waals surface area contributed by atoms with E-state index in [1.807, 2.05) is 11.7 Å². The molecule has 0 unspecified atom stereocenters. The van der Waals surface area contributed by atoms with E-state index in [1.165, 1.54) is 34.7 Å². The first-order chi connectivity index (χ1) is 9.31. The van der Waals surface area contributed by atoms with E-state index in [-0.39, 0.29) is 0 Å². The number of benzene rings is 1. The lowest BCUT2D eigenvalue weighted by Crippen LogP contribution is -2.04.